The Morgan fingerprint density at radius 1 is 0.929 bits per heavy atom. The number of benzene rings is 2. The van der Waals surface area contributed by atoms with Crippen molar-refractivity contribution in [3.05, 3.63) is 70.1 Å². The van der Waals surface area contributed by atoms with Gasteiger partial charge in [-0.3, -0.25) is 15.0 Å². The summed E-state index contributed by atoms with van der Waals surface area (Å²) in [4.78, 5) is 37.6. The van der Waals surface area contributed by atoms with E-state index in [9.17, 15) is 14.4 Å². The van der Waals surface area contributed by atoms with Gasteiger partial charge in [0.15, 0.2) is 0 Å². The first-order chi connectivity index (χ1) is 13.5. The number of aromatic nitrogens is 1. The summed E-state index contributed by atoms with van der Waals surface area (Å²) in [6.07, 6.45) is 1.24. The lowest BCUT2D eigenvalue weighted by atomic mass is 10.1. The molecule has 0 unspecified atom stereocenters. The minimum Gasteiger partial charge on any atom is -0.497 e. The van der Waals surface area contributed by atoms with Crippen LogP contribution in [0, 0.1) is 0 Å². The van der Waals surface area contributed by atoms with E-state index in [1.165, 1.54) is 33.6 Å². The first-order valence-electron chi connectivity index (χ1n) is 8.26. The van der Waals surface area contributed by atoms with Gasteiger partial charge in [0.25, 0.3) is 11.5 Å². The third-order valence-electron chi connectivity index (χ3n) is 4.21. The SMILES string of the molecule is COC(=O)c1cn(NC(=O)c2ccc(OC)cc2OC)c(=O)c2ccccc12. The monoisotopic (exact) mass is 382 g/mol. The molecule has 0 aliphatic heterocycles. The number of nitrogens with one attached hydrogen (secondary N) is 1. The zero-order valence-corrected chi connectivity index (χ0v) is 15.5. The van der Waals surface area contributed by atoms with Gasteiger partial charge in [0.1, 0.15) is 11.5 Å². The maximum Gasteiger partial charge on any atom is 0.340 e. The number of fused-ring (bicyclic) bond motifs is 1. The Balaban J connectivity index is 2.08. The zero-order chi connectivity index (χ0) is 20.3. The molecular formula is C20H18N2O6. The quantitative estimate of drug-likeness (QED) is 0.680. The van der Waals surface area contributed by atoms with Crippen LogP contribution in [0.1, 0.15) is 20.7 Å². The molecule has 8 heteroatoms. The van der Waals surface area contributed by atoms with Gasteiger partial charge in [0.2, 0.25) is 0 Å². The molecule has 1 heterocycles. The van der Waals surface area contributed by atoms with Crippen molar-refractivity contribution in [2.45, 2.75) is 0 Å². The molecule has 3 rings (SSSR count). The molecule has 0 spiro atoms. The Hall–Kier alpha value is -3.81. The molecule has 0 atom stereocenters. The van der Waals surface area contributed by atoms with Gasteiger partial charge in [-0.1, -0.05) is 18.2 Å². The van der Waals surface area contributed by atoms with Crippen LogP contribution in [-0.4, -0.2) is 37.9 Å². The van der Waals surface area contributed by atoms with Crippen molar-refractivity contribution < 1.29 is 23.8 Å². The van der Waals surface area contributed by atoms with E-state index in [2.05, 4.69) is 5.43 Å². The molecule has 0 fully saturated rings. The predicted octanol–water partition coefficient (Wildman–Crippen LogP) is 2.19. The topological polar surface area (TPSA) is 95.9 Å². The average molecular weight is 382 g/mol. The standard InChI is InChI=1S/C20H18N2O6/c1-26-12-8-9-15(17(10-12)27-2)18(23)21-22-11-16(20(25)28-3)13-6-4-5-7-14(13)19(22)24/h4-11H,1-3H3,(H,21,23). The van der Waals surface area contributed by atoms with Gasteiger partial charge in [-0.05, 0) is 18.2 Å². The van der Waals surface area contributed by atoms with Gasteiger partial charge in [-0.2, -0.15) is 0 Å². The smallest absolute Gasteiger partial charge is 0.340 e. The maximum atomic E-state index is 12.8. The summed E-state index contributed by atoms with van der Waals surface area (Å²) in [6, 6.07) is 11.3. The van der Waals surface area contributed by atoms with Crippen molar-refractivity contribution in [3.63, 3.8) is 0 Å². The molecule has 28 heavy (non-hydrogen) atoms. The molecule has 2 aromatic carbocycles. The summed E-state index contributed by atoms with van der Waals surface area (Å²) in [7, 11) is 4.16. The lowest BCUT2D eigenvalue weighted by Crippen LogP contribution is -2.34. The third kappa shape index (κ3) is 3.39. The molecular weight excluding hydrogens is 364 g/mol. The van der Waals surface area contributed by atoms with Crippen LogP contribution < -0.4 is 20.5 Å². The second kappa shape index (κ2) is 7.83. The number of hydrogen-bond donors (Lipinski definition) is 1. The van der Waals surface area contributed by atoms with Crippen LogP contribution in [-0.2, 0) is 4.74 Å². The van der Waals surface area contributed by atoms with Gasteiger partial charge >= 0.3 is 5.97 Å². The Kier molecular flexibility index (Phi) is 5.30. The normalized spacial score (nSPS) is 10.4. The van der Waals surface area contributed by atoms with Crippen molar-refractivity contribution in [2.75, 3.05) is 26.8 Å². The lowest BCUT2D eigenvalue weighted by Gasteiger charge is -2.14. The molecule has 0 aliphatic rings. The second-order valence-electron chi connectivity index (χ2n) is 5.76. The van der Waals surface area contributed by atoms with Crippen LogP contribution in [0.15, 0.2) is 53.5 Å². The van der Waals surface area contributed by atoms with E-state index in [1.807, 2.05) is 0 Å². The molecule has 0 saturated heterocycles. The van der Waals surface area contributed by atoms with Crippen molar-refractivity contribution >= 4 is 22.6 Å². The summed E-state index contributed by atoms with van der Waals surface area (Å²) in [6.45, 7) is 0. The van der Waals surface area contributed by atoms with Crippen LogP contribution in [0.4, 0.5) is 0 Å². The number of amides is 1. The number of carbonyl (C=O) groups is 2. The predicted molar refractivity (Wildman–Crippen MR) is 103 cm³/mol. The van der Waals surface area contributed by atoms with E-state index < -0.39 is 17.4 Å². The number of carbonyl (C=O) groups excluding carboxylic acids is 2. The van der Waals surface area contributed by atoms with Crippen molar-refractivity contribution in [2.24, 2.45) is 0 Å². The summed E-state index contributed by atoms with van der Waals surface area (Å²) in [5.41, 5.74) is 2.35. The number of esters is 1. The van der Waals surface area contributed by atoms with Crippen molar-refractivity contribution in [3.8, 4) is 11.5 Å². The Morgan fingerprint density at radius 3 is 2.29 bits per heavy atom. The van der Waals surface area contributed by atoms with E-state index in [-0.39, 0.29) is 22.3 Å². The van der Waals surface area contributed by atoms with Crippen LogP contribution in [0.2, 0.25) is 0 Å². The zero-order valence-electron chi connectivity index (χ0n) is 15.5. The average Bonchev–Trinajstić information content (AvgIpc) is 2.74. The minimum atomic E-state index is -0.624. The molecule has 1 aromatic heterocycles. The highest BCUT2D eigenvalue weighted by Gasteiger charge is 2.18. The highest BCUT2D eigenvalue weighted by Crippen LogP contribution is 2.24. The van der Waals surface area contributed by atoms with E-state index in [1.54, 1.807) is 36.4 Å². The number of hydrogen-bond acceptors (Lipinski definition) is 6. The van der Waals surface area contributed by atoms with Gasteiger partial charge in [0.05, 0.1) is 32.5 Å². The summed E-state index contributed by atoms with van der Waals surface area (Å²) in [5, 5.41) is 0.708. The molecule has 144 valence electrons. The van der Waals surface area contributed by atoms with Crippen LogP contribution >= 0.6 is 0 Å². The summed E-state index contributed by atoms with van der Waals surface area (Å²) < 4.78 is 16.1. The van der Waals surface area contributed by atoms with E-state index in [4.69, 9.17) is 14.2 Å². The first-order valence-corrected chi connectivity index (χ1v) is 8.26. The molecule has 1 amide bonds. The fourth-order valence-corrected chi connectivity index (χ4v) is 2.80. The number of nitrogens with zero attached hydrogens (tertiary/aromatic N) is 1. The molecule has 0 radical (unpaired) electrons. The maximum absolute atomic E-state index is 12.8. The molecule has 0 aliphatic carbocycles. The highest BCUT2D eigenvalue weighted by atomic mass is 16.5. The Morgan fingerprint density at radius 2 is 1.64 bits per heavy atom. The highest BCUT2D eigenvalue weighted by molar-refractivity contribution is 6.05. The molecule has 1 N–H and O–H groups in total. The number of rotatable bonds is 5. The number of ether oxygens (including phenoxy) is 3. The Labute approximate surface area is 160 Å². The van der Waals surface area contributed by atoms with E-state index in [0.717, 1.165) is 4.68 Å². The van der Waals surface area contributed by atoms with Crippen molar-refractivity contribution in [1.82, 2.24) is 4.68 Å². The third-order valence-corrected chi connectivity index (χ3v) is 4.21. The Bertz CT molecular complexity index is 1120. The molecule has 0 bridgehead atoms. The summed E-state index contributed by atoms with van der Waals surface area (Å²) in [5.74, 6) is -0.419. The van der Waals surface area contributed by atoms with E-state index >= 15 is 0 Å². The van der Waals surface area contributed by atoms with Gasteiger partial charge in [-0.25, -0.2) is 9.47 Å². The summed E-state index contributed by atoms with van der Waals surface area (Å²) >= 11 is 0. The largest absolute Gasteiger partial charge is 0.497 e. The van der Waals surface area contributed by atoms with Gasteiger partial charge in [-0.15, -0.1) is 0 Å². The number of methoxy groups -OCH3 is 3. The van der Waals surface area contributed by atoms with Gasteiger partial charge < -0.3 is 14.2 Å². The molecule has 0 saturated carbocycles. The van der Waals surface area contributed by atoms with Crippen LogP contribution in [0.5, 0.6) is 11.5 Å². The van der Waals surface area contributed by atoms with Crippen molar-refractivity contribution in [1.29, 1.82) is 0 Å². The molecule has 3 aromatic rings. The van der Waals surface area contributed by atoms with E-state index in [0.29, 0.717) is 11.1 Å². The number of pyridine rings is 1. The first kappa shape index (κ1) is 19.0. The minimum absolute atomic E-state index is 0.152. The second-order valence-corrected chi connectivity index (χ2v) is 5.76. The van der Waals surface area contributed by atoms with Crippen LogP contribution in [0.3, 0.4) is 0 Å². The van der Waals surface area contributed by atoms with Gasteiger partial charge in [0, 0.05) is 23.0 Å². The lowest BCUT2D eigenvalue weighted by molar-refractivity contribution is 0.0601. The van der Waals surface area contributed by atoms with Crippen LogP contribution in [0.25, 0.3) is 10.8 Å². The fraction of sp³-hybridized carbons (Fsp3) is 0.150. The fourth-order valence-electron chi connectivity index (χ4n) is 2.80. The molecule has 8 nitrogen and oxygen atoms in total.